The third-order valence-corrected chi connectivity index (χ3v) is 5.56. The van der Waals surface area contributed by atoms with Crippen molar-refractivity contribution in [1.29, 1.82) is 0 Å². The number of benzene rings is 2. The van der Waals surface area contributed by atoms with Crippen molar-refractivity contribution in [2.24, 2.45) is 4.99 Å². The number of carbonyl (C=O) groups is 1. The smallest absolute Gasteiger partial charge is 0.363 e. The molecule has 0 aromatic heterocycles. The number of aliphatic imine (C=N–C) groups is 1. The van der Waals surface area contributed by atoms with Gasteiger partial charge in [-0.05, 0) is 90.4 Å². The van der Waals surface area contributed by atoms with Gasteiger partial charge in [0.05, 0.1) is 13.2 Å². The van der Waals surface area contributed by atoms with E-state index < -0.39 is 5.97 Å². The summed E-state index contributed by atoms with van der Waals surface area (Å²) in [5.74, 6) is 1.22. The topological polar surface area (TPSA) is 57.1 Å². The van der Waals surface area contributed by atoms with Crippen molar-refractivity contribution in [2.45, 2.75) is 33.6 Å². The molecule has 0 fully saturated rings. The van der Waals surface area contributed by atoms with Gasteiger partial charge in [0, 0.05) is 9.13 Å². The third kappa shape index (κ3) is 5.38. The molecule has 2 aromatic carbocycles. The summed E-state index contributed by atoms with van der Waals surface area (Å²) in [5.41, 5.74) is 2.96. The van der Waals surface area contributed by atoms with Crippen LogP contribution in [0.15, 0.2) is 47.1 Å². The van der Waals surface area contributed by atoms with Crippen LogP contribution in [-0.4, -0.2) is 25.1 Å². The van der Waals surface area contributed by atoms with Gasteiger partial charge in [0.2, 0.25) is 5.90 Å². The van der Waals surface area contributed by atoms with Crippen molar-refractivity contribution in [1.82, 2.24) is 0 Å². The molecule has 0 amide bonds. The van der Waals surface area contributed by atoms with Gasteiger partial charge in [-0.15, -0.1) is 0 Å². The molecule has 1 aliphatic heterocycles. The summed E-state index contributed by atoms with van der Waals surface area (Å²) in [5, 5.41) is 0. The number of carbonyl (C=O) groups excluding carboxylic acids is 1. The summed E-state index contributed by atoms with van der Waals surface area (Å²) in [6.45, 7) is 7.23. The molecule has 29 heavy (non-hydrogen) atoms. The Labute approximate surface area is 184 Å². The minimum absolute atomic E-state index is 0.262. The van der Waals surface area contributed by atoms with Gasteiger partial charge in [0.25, 0.3) is 0 Å². The Balaban J connectivity index is 1.86. The lowest BCUT2D eigenvalue weighted by Gasteiger charge is -2.12. The molecular formula is C23H24INO4. The van der Waals surface area contributed by atoms with E-state index in [-0.39, 0.29) is 5.70 Å². The number of cyclic esters (lactones) is 1. The first-order chi connectivity index (χ1) is 14.0. The molecule has 0 unspecified atom stereocenters. The zero-order valence-corrected chi connectivity index (χ0v) is 19.0. The fraction of sp³-hybridized carbons (Fsp3) is 0.304. The van der Waals surface area contributed by atoms with Gasteiger partial charge < -0.3 is 14.2 Å². The Morgan fingerprint density at radius 2 is 1.93 bits per heavy atom. The molecule has 152 valence electrons. The largest absolute Gasteiger partial charge is 0.490 e. The molecule has 1 heterocycles. The van der Waals surface area contributed by atoms with E-state index in [9.17, 15) is 4.79 Å². The summed E-state index contributed by atoms with van der Waals surface area (Å²) in [6.07, 6.45) is 3.75. The molecule has 0 aliphatic carbocycles. The van der Waals surface area contributed by atoms with Crippen molar-refractivity contribution < 1.29 is 19.0 Å². The monoisotopic (exact) mass is 505 g/mol. The third-order valence-electron chi connectivity index (χ3n) is 4.35. The normalized spacial score (nSPS) is 14.7. The van der Waals surface area contributed by atoms with E-state index in [1.54, 1.807) is 6.08 Å². The molecular weight excluding hydrogens is 481 g/mol. The van der Waals surface area contributed by atoms with Crippen molar-refractivity contribution in [2.75, 3.05) is 13.2 Å². The molecule has 3 rings (SSSR count). The van der Waals surface area contributed by atoms with Crippen LogP contribution in [0.5, 0.6) is 11.5 Å². The predicted octanol–water partition coefficient (Wildman–Crippen LogP) is 5.52. The summed E-state index contributed by atoms with van der Waals surface area (Å²) in [7, 11) is 0. The quantitative estimate of drug-likeness (QED) is 0.205. The lowest BCUT2D eigenvalue weighted by atomic mass is 10.1. The fourth-order valence-electron chi connectivity index (χ4n) is 2.80. The Morgan fingerprint density at radius 1 is 1.10 bits per heavy atom. The van der Waals surface area contributed by atoms with Gasteiger partial charge in [-0.1, -0.05) is 19.4 Å². The van der Waals surface area contributed by atoms with E-state index >= 15 is 0 Å². The fourth-order valence-corrected chi connectivity index (χ4v) is 3.13. The Hall–Kier alpha value is -2.35. The molecule has 0 N–H and O–H groups in total. The van der Waals surface area contributed by atoms with Gasteiger partial charge in [-0.3, -0.25) is 0 Å². The standard InChI is InChI=1S/C23H24INO4/c1-4-6-11-28-20-10-7-16(14-21(20)27-5-2)13-19-23(26)29-22(25-19)17-8-9-18(24)15(3)12-17/h7-10,12-14H,4-6,11H2,1-3H3/b19-13-. The highest BCUT2D eigenvalue weighted by Crippen LogP contribution is 2.30. The van der Waals surface area contributed by atoms with Gasteiger partial charge in [0.15, 0.2) is 17.2 Å². The van der Waals surface area contributed by atoms with Gasteiger partial charge >= 0.3 is 5.97 Å². The second kappa shape index (κ2) is 9.91. The highest BCUT2D eigenvalue weighted by Gasteiger charge is 2.24. The summed E-state index contributed by atoms with van der Waals surface area (Å²) in [4.78, 5) is 16.7. The first-order valence-corrected chi connectivity index (χ1v) is 10.8. The summed E-state index contributed by atoms with van der Waals surface area (Å²) >= 11 is 2.27. The molecule has 1 aliphatic rings. The summed E-state index contributed by atoms with van der Waals surface area (Å²) < 4.78 is 18.0. The number of unbranched alkanes of at least 4 members (excludes halogenated alkanes) is 1. The zero-order chi connectivity index (χ0) is 20.8. The maximum absolute atomic E-state index is 12.3. The van der Waals surface area contributed by atoms with Crippen LogP contribution >= 0.6 is 22.6 Å². The SMILES string of the molecule is CCCCOc1ccc(/C=C2\N=C(c3ccc(I)c(C)c3)OC2=O)cc1OCC. The van der Waals surface area contributed by atoms with E-state index in [1.165, 1.54) is 0 Å². The van der Waals surface area contributed by atoms with Gasteiger partial charge in [-0.25, -0.2) is 9.79 Å². The van der Waals surface area contributed by atoms with E-state index in [0.717, 1.165) is 33.1 Å². The highest BCUT2D eigenvalue weighted by atomic mass is 127. The van der Waals surface area contributed by atoms with Crippen LogP contribution < -0.4 is 9.47 Å². The van der Waals surface area contributed by atoms with Crippen LogP contribution in [-0.2, 0) is 9.53 Å². The van der Waals surface area contributed by atoms with Crippen molar-refractivity contribution >= 4 is 40.5 Å². The second-order valence-corrected chi connectivity index (χ2v) is 7.80. The van der Waals surface area contributed by atoms with E-state index in [4.69, 9.17) is 14.2 Å². The van der Waals surface area contributed by atoms with Crippen LogP contribution in [0.1, 0.15) is 43.4 Å². The number of hydrogen-bond donors (Lipinski definition) is 0. The maximum atomic E-state index is 12.3. The molecule has 5 nitrogen and oxygen atoms in total. The van der Waals surface area contributed by atoms with Crippen molar-refractivity contribution in [3.63, 3.8) is 0 Å². The molecule has 0 saturated heterocycles. The maximum Gasteiger partial charge on any atom is 0.363 e. The van der Waals surface area contributed by atoms with Gasteiger partial charge in [-0.2, -0.15) is 0 Å². The minimum atomic E-state index is -0.461. The number of halogens is 1. The molecule has 0 bridgehead atoms. The van der Waals surface area contributed by atoms with Gasteiger partial charge in [0.1, 0.15) is 0 Å². The lowest BCUT2D eigenvalue weighted by molar-refractivity contribution is -0.129. The first-order valence-electron chi connectivity index (χ1n) is 9.70. The average Bonchev–Trinajstić information content (AvgIpc) is 3.06. The minimum Gasteiger partial charge on any atom is -0.490 e. The Bertz CT molecular complexity index is 965. The van der Waals surface area contributed by atoms with E-state index in [1.807, 2.05) is 50.2 Å². The Kier molecular flexibility index (Phi) is 7.30. The highest BCUT2D eigenvalue weighted by molar-refractivity contribution is 14.1. The number of nitrogens with zero attached hydrogens (tertiary/aromatic N) is 1. The molecule has 0 atom stereocenters. The predicted molar refractivity (Wildman–Crippen MR) is 123 cm³/mol. The lowest BCUT2D eigenvalue weighted by Crippen LogP contribution is -2.05. The van der Waals surface area contributed by atoms with E-state index in [0.29, 0.717) is 30.6 Å². The summed E-state index contributed by atoms with van der Waals surface area (Å²) in [6, 6.07) is 11.4. The first kappa shape index (κ1) is 21.4. The van der Waals surface area contributed by atoms with E-state index in [2.05, 4.69) is 34.5 Å². The molecule has 6 heteroatoms. The average molecular weight is 505 g/mol. The van der Waals surface area contributed by atoms with Crippen LogP contribution in [0, 0.1) is 10.5 Å². The number of esters is 1. The number of hydrogen-bond acceptors (Lipinski definition) is 5. The zero-order valence-electron chi connectivity index (χ0n) is 16.8. The second-order valence-electron chi connectivity index (χ2n) is 6.64. The number of aryl methyl sites for hydroxylation is 1. The van der Waals surface area contributed by atoms with Crippen molar-refractivity contribution in [3.8, 4) is 11.5 Å². The van der Waals surface area contributed by atoms with Crippen LogP contribution in [0.2, 0.25) is 0 Å². The van der Waals surface area contributed by atoms with Crippen LogP contribution in [0.25, 0.3) is 6.08 Å². The molecule has 0 saturated carbocycles. The molecule has 0 spiro atoms. The van der Waals surface area contributed by atoms with Crippen molar-refractivity contribution in [3.05, 3.63) is 62.4 Å². The Morgan fingerprint density at radius 3 is 2.66 bits per heavy atom. The number of rotatable bonds is 8. The molecule has 2 aromatic rings. The van der Waals surface area contributed by atoms with Crippen LogP contribution in [0.4, 0.5) is 0 Å². The van der Waals surface area contributed by atoms with Crippen LogP contribution in [0.3, 0.4) is 0 Å². The number of ether oxygens (including phenoxy) is 3. The molecule has 0 radical (unpaired) electrons.